The van der Waals surface area contributed by atoms with Gasteiger partial charge in [0.05, 0.1) is 7.11 Å². The van der Waals surface area contributed by atoms with Gasteiger partial charge < -0.3 is 15.4 Å². The highest BCUT2D eigenvalue weighted by molar-refractivity contribution is 5.63. The number of aryl methyl sites for hydroxylation is 1. The summed E-state index contributed by atoms with van der Waals surface area (Å²) in [6.07, 6.45) is 1.54. The minimum atomic E-state index is 0.763. The molecule has 0 amide bonds. The van der Waals surface area contributed by atoms with E-state index in [4.69, 9.17) is 4.74 Å². The first kappa shape index (κ1) is 13.1. The van der Waals surface area contributed by atoms with Crippen molar-refractivity contribution in [3.05, 3.63) is 36.2 Å². The van der Waals surface area contributed by atoms with Crippen molar-refractivity contribution >= 4 is 17.3 Å². The molecule has 100 valence electrons. The van der Waals surface area contributed by atoms with Gasteiger partial charge in [0.15, 0.2) is 0 Å². The zero-order chi connectivity index (χ0) is 13.7. The van der Waals surface area contributed by atoms with E-state index in [0.717, 1.165) is 35.2 Å². The summed E-state index contributed by atoms with van der Waals surface area (Å²) in [7, 11) is 1.66. The number of rotatable bonds is 5. The molecule has 0 spiro atoms. The molecule has 2 rings (SSSR count). The SMILES string of the molecule is CCNc1cc(Nc2ccc(OC)cc2C)ncn1. The predicted octanol–water partition coefficient (Wildman–Crippen LogP) is 2.97. The standard InChI is InChI=1S/C14H18N4O/c1-4-15-13-8-14(17-9-16-13)18-12-6-5-11(19-3)7-10(12)2/h5-9H,4H2,1-3H3,(H2,15,16,17,18). The van der Waals surface area contributed by atoms with E-state index < -0.39 is 0 Å². The van der Waals surface area contributed by atoms with Crippen molar-refractivity contribution in [1.29, 1.82) is 0 Å². The van der Waals surface area contributed by atoms with Crippen molar-refractivity contribution in [3.63, 3.8) is 0 Å². The molecule has 0 aliphatic rings. The quantitative estimate of drug-likeness (QED) is 0.863. The fraction of sp³-hybridized carbons (Fsp3) is 0.286. The summed E-state index contributed by atoms with van der Waals surface area (Å²) >= 11 is 0. The zero-order valence-electron chi connectivity index (χ0n) is 11.4. The molecule has 0 unspecified atom stereocenters. The largest absolute Gasteiger partial charge is 0.497 e. The second-order valence-corrected chi connectivity index (χ2v) is 4.12. The molecular formula is C14H18N4O. The molecule has 0 saturated carbocycles. The highest BCUT2D eigenvalue weighted by Crippen LogP contribution is 2.24. The molecule has 0 fully saturated rings. The molecule has 0 aliphatic heterocycles. The van der Waals surface area contributed by atoms with E-state index in [1.165, 1.54) is 0 Å². The van der Waals surface area contributed by atoms with Crippen LogP contribution in [0.2, 0.25) is 0 Å². The Bertz CT molecular complexity index is 557. The van der Waals surface area contributed by atoms with E-state index in [2.05, 4.69) is 20.6 Å². The van der Waals surface area contributed by atoms with Crippen LogP contribution in [-0.4, -0.2) is 23.6 Å². The Morgan fingerprint density at radius 1 is 1.16 bits per heavy atom. The molecule has 0 radical (unpaired) electrons. The minimum Gasteiger partial charge on any atom is -0.497 e. The molecular weight excluding hydrogens is 240 g/mol. The molecule has 0 aliphatic carbocycles. The molecule has 2 aromatic rings. The van der Waals surface area contributed by atoms with Crippen molar-refractivity contribution in [1.82, 2.24) is 9.97 Å². The molecule has 0 bridgehead atoms. The Kier molecular flexibility index (Phi) is 4.18. The van der Waals surface area contributed by atoms with Gasteiger partial charge in [0, 0.05) is 18.3 Å². The van der Waals surface area contributed by atoms with Crippen molar-refractivity contribution in [2.24, 2.45) is 0 Å². The maximum Gasteiger partial charge on any atom is 0.135 e. The van der Waals surface area contributed by atoms with Crippen LogP contribution < -0.4 is 15.4 Å². The fourth-order valence-corrected chi connectivity index (χ4v) is 1.74. The van der Waals surface area contributed by atoms with Gasteiger partial charge in [-0.1, -0.05) is 0 Å². The second kappa shape index (κ2) is 6.04. The Balaban J connectivity index is 2.18. The number of methoxy groups -OCH3 is 1. The van der Waals surface area contributed by atoms with Crippen molar-refractivity contribution in [3.8, 4) is 5.75 Å². The molecule has 5 nitrogen and oxygen atoms in total. The summed E-state index contributed by atoms with van der Waals surface area (Å²) < 4.78 is 5.19. The van der Waals surface area contributed by atoms with Gasteiger partial charge in [0.1, 0.15) is 23.7 Å². The van der Waals surface area contributed by atoms with Crippen molar-refractivity contribution in [2.45, 2.75) is 13.8 Å². The Morgan fingerprint density at radius 3 is 2.63 bits per heavy atom. The third-order valence-corrected chi connectivity index (χ3v) is 2.72. The second-order valence-electron chi connectivity index (χ2n) is 4.12. The number of nitrogens with zero attached hydrogens (tertiary/aromatic N) is 2. The summed E-state index contributed by atoms with van der Waals surface area (Å²) in [6, 6.07) is 7.76. The van der Waals surface area contributed by atoms with Crippen molar-refractivity contribution in [2.75, 3.05) is 24.3 Å². The molecule has 1 aromatic carbocycles. The minimum absolute atomic E-state index is 0.763. The van der Waals surface area contributed by atoms with Gasteiger partial charge in [-0.2, -0.15) is 0 Å². The lowest BCUT2D eigenvalue weighted by Gasteiger charge is -2.11. The fourth-order valence-electron chi connectivity index (χ4n) is 1.74. The lowest BCUT2D eigenvalue weighted by atomic mass is 10.2. The van der Waals surface area contributed by atoms with E-state index in [1.807, 2.05) is 38.1 Å². The molecule has 0 saturated heterocycles. The first-order valence-electron chi connectivity index (χ1n) is 6.20. The molecule has 1 aromatic heterocycles. The van der Waals surface area contributed by atoms with Crippen LogP contribution in [0.15, 0.2) is 30.6 Å². The van der Waals surface area contributed by atoms with Gasteiger partial charge >= 0.3 is 0 Å². The van der Waals surface area contributed by atoms with E-state index in [0.29, 0.717) is 0 Å². The van der Waals surface area contributed by atoms with Gasteiger partial charge in [-0.3, -0.25) is 0 Å². The van der Waals surface area contributed by atoms with Crippen LogP contribution in [0.4, 0.5) is 17.3 Å². The Labute approximate surface area is 113 Å². The third-order valence-electron chi connectivity index (χ3n) is 2.72. The van der Waals surface area contributed by atoms with Gasteiger partial charge in [-0.15, -0.1) is 0 Å². The maximum atomic E-state index is 5.19. The van der Waals surface area contributed by atoms with E-state index in [1.54, 1.807) is 13.4 Å². The van der Waals surface area contributed by atoms with Gasteiger partial charge in [0.2, 0.25) is 0 Å². The maximum absolute atomic E-state index is 5.19. The van der Waals surface area contributed by atoms with E-state index in [9.17, 15) is 0 Å². The topological polar surface area (TPSA) is 59.1 Å². The zero-order valence-corrected chi connectivity index (χ0v) is 11.4. The summed E-state index contributed by atoms with van der Waals surface area (Å²) in [5.41, 5.74) is 2.10. The monoisotopic (exact) mass is 258 g/mol. The third kappa shape index (κ3) is 3.34. The highest BCUT2D eigenvalue weighted by Gasteiger charge is 2.03. The molecule has 5 heteroatoms. The Morgan fingerprint density at radius 2 is 1.95 bits per heavy atom. The number of hydrogen-bond acceptors (Lipinski definition) is 5. The summed E-state index contributed by atoms with van der Waals surface area (Å²) in [4.78, 5) is 8.35. The first-order valence-corrected chi connectivity index (χ1v) is 6.20. The first-order chi connectivity index (χ1) is 9.22. The van der Waals surface area contributed by atoms with Crippen LogP contribution >= 0.6 is 0 Å². The number of anilines is 3. The number of hydrogen-bond donors (Lipinski definition) is 2. The van der Waals surface area contributed by atoms with Crippen LogP contribution in [0.25, 0.3) is 0 Å². The smallest absolute Gasteiger partial charge is 0.135 e. The van der Waals surface area contributed by atoms with Crippen LogP contribution in [0, 0.1) is 6.92 Å². The lowest BCUT2D eigenvalue weighted by molar-refractivity contribution is 0.414. The van der Waals surface area contributed by atoms with Crippen LogP contribution in [0.3, 0.4) is 0 Å². The van der Waals surface area contributed by atoms with Crippen LogP contribution in [0.1, 0.15) is 12.5 Å². The van der Waals surface area contributed by atoms with Gasteiger partial charge in [0.25, 0.3) is 0 Å². The highest BCUT2D eigenvalue weighted by atomic mass is 16.5. The predicted molar refractivity (Wildman–Crippen MR) is 77.2 cm³/mol. The van der Waals surface area contributed by atoms with Gasteiger partial charge in [-0.25, -0.2) is 9.97 Å². The summed E-state index contributed by atoms with van der Waals surface area (Å²) in [6.45, 7) is 4.89. The van der Waals surface area contributed by atoms with Gasteiger partial charge in [-0.05, 0) is 37.6 Å². The van der Waals surface area contributed by atoms with E-state index in [-0.39, 0.29) is 0 Å². The van der Waals surface area contributed by atoms with Crippen molar-refractivity contribution < 1.29 is 4.74 Å². The lowest BCUT2D eigenvalue weighted by Crippen LogP contribution is -2.02. The number of benzene rings is 1. The summed E-state index contributed by atoms with van der Waals surface area (Å²) in [5.74, 6) is 2.42. The Hall–Kier alpha value is -2.30. The number of aromatic nitrogens is 2. The molecule has 1 heterocycles. The number of nitrogens with one attached hydrogen (secondary N) is 2. The van der Waals surface area contributed by atoms with Crippen LogP contribution in [0.5, 0.6) is 5.75 Å². The number of ether oxygens (including phenoxy) is 1. The van der Waals surface area contributed by atoms with E-state index >= 15 is 0 Å². The molecule has 0 atom stereocenters. The normalized spacial score (nSPS) is 10.1. The average Bonchev–Trinajstić information content (AvgIpc) is 2.42. The summed E-state index contributed by atoms with van der Waals surface area (Å²) in [5, 5.41) is 6.43. The average molecular weight is 258 g/mol. The molecule has 19 heavy (non-hydrogen) atoms. The van der Waals surface area contributed by atoms with Crippen LogP contribution in [-0.2, 0) is 0 Å². The molecule has 2 N–H and O–H groups in total.